The highest BCUT2D eigenvalue weighted by molar-refractivity contribution is 4.50. The molecule has 0 atom stereocenters. The number of hydrogen-bond donors (Lipinski definition) is 1. The lowest BCUT2D eigenvalue weighted by molar-refractivity contribution is -0.368. The molecule has 0 aliphatic rings. The van der Waals surface area contributed by atoms with Crippen molar-refractivity contribution in [3.63, 3.8) is 0 Å². The van der Waals surface area contributed by atoms with Crippen LogP contribution in [-0.2, 0) is 0 Å². The number of hydrogen-bond acceptors (Lipinski definition) is 0. The van der Waals surface area contributed by atoms with Gasteiger partial charge in [-0.05, 0) is 12.8 Å². The normalized spacial score (nSPS) is 10.8. The molecule has 0 rings (SSSR count). The summed E-state index contributed by atoms with van der Waals surface area (Å²) < 4.78 is 0. The molecule has 0 unspecified atom stereocenters. The van der Waals surface area contributed by atoms with Gasteiger partial charge in [-0.15, -0.1) is 0 Å². The van der Waals surface area contributed by atoms with Crippen LogP contribution < -0.4 is 22.7 Å². The van der Waals surface area contributed by atoms with Gasteiger partial charge in [0.1, 0.15) is 0 Å². The van der Waals surface area contributed by atoms with Gasteiger partial charge in [-0.2, -0.15) is 0 Å². The molecule has 25 heavy (non-hydrogen) atoms. The molecule has 3 N–H and O–H groups in total. The fraction of sp³-hybridized carbons (Fsp3) is 1.00. The molecule has 0 heterocycles. The molecule has 0 aliphatic heterocycles. The van der Waals surface area contributed by atoms with E-state index in [0.717, 1.165) is 6.54 Å². The molecule has 0 fully saturated rings. The lowest BCUT2D eigenvalue weighted by atomic mass is 10.0. The zero-order valence-corrected chi connectivity index (χ0v) is 19.2. The molecule has 2 heteroatoms. The van der Waals surface area contributed by atoms with Gasteiger partial charge in [0.05, 0.1) is 6.54 Å². The highest BCUT2D eigenvalue weighted by Crippen LogP contribution is 2.14. The van der Waals surface area contributed by atoms with Gasteiger partial charge in [0, 0.05) is 0 Å². The summed E-state index contributed by atoms with van der Waals surface area (Å²) in [5.41, 5.74) is 3.91. The molecule has 0 aliphatic carbocycles. The van der Waals surface area contributed by atoms with Crippen LogP contribution in [0, 0.1) is 0 Å². The van der Waals surface area contributed by atoms with E-state index < -0.39 is 0 Å². The van der Waals surface area contributed by atoms with Crippen LogP contribution in [0.3, 0.4) is 0 Å². The Morgan fingerprint density at radius 2 is 0.560 bits per heavy atom. The third-order valence-corrected chi connectivity index (χ3v) is 5.35. The Morgan fingerprint density at radius 3 is 0.760 bits per heavy atom. The largest absolute Gasteiger partial charge is 1.00 e. The van der Waals surface area contributed by atoms with Crippen LogP contribution in [0.1, 0.15) is 142 Å². The molecular weight excluding hydrogens is 370 g/mol. The highest BCUT2D eigenvalue weighted by atomic mass is 79.9. The molecule has 0 saturated carbocycles. The molecule has 1 nitrogen and oxygen atoms in total. The van der Waals surface area contributed by atoms with Crippen LogP contribution in [0.15, 0.2) is 0 Å². The minimum atomic E-state index is 0. The smallest absolute Gasteiger partial charge is 0.0739 e. The standard InChI is InChI=1S/C23H49N.BrH/c1-2-3-4-5-6-7-8-9-10-11-12-13-14-15-16-17-18-19-20-21-22-23-24;/h2-24H2,1H3;1H. The van der Waals surface area contributed by atoms with E-state index >= 15 is 0 Å². The third kappa shape index (κ3) is 26.8. The predicted octanol–water partition coefficient (Wildman–Crippen LogP) is 4.44. The summed E-state index contributed by atoms with van der Waals surface area (Å²) in [6.07, 6.45) is 30.7. The maximum atomic E-state index is 3.91. The molecule has 154 valence electrons. The number of quaternary nitrogens is 1. The summed E-state index contributed by atoms with van der Waals surface area (Å²) in [6, 6.07) is 0. The first-order valence-corrected chi connectivity index (χ1v) is 11.7. The van der Waals surface area contributed by atoms with Gasteiger partial charge in [-0.3, -0.25) is 0 Å². The van der Waals surface area contributed by atoms with Crippen molar-refractivity contribution in [1.29, 1.82) is 0 Å². The summed E-state index contributed by atoms with van der Waals surface area (Å²) in [4.78, 5) is 0. The summed E-state index contributed by atoms with van der Waals surface area (Å²) in [7, 11) is 0. The molecule has 0 aromatic carbocycles. The van der Waals surface area contributed by atoms with Crippen LogP contribution in [0.4, 0.5) is 0 Å². The van der Waals surface area contributed by atoms with E-state index in [1.54, 1.807) is 0 Å². The number of rotatable bonds is 21. The third-order valence-electron chi connectivity index (χ3n) is 5.35. The number of unbranched alkanes of at least 4 members (excludes halogenated alkanes) is 20. The van der Waals surface area contributed by atoms with Crippen molar-refractivity contribution in [3.8, 4) is 0 Å². The lowest BCUT2D eigenvalue weighted by Gasteiger charge is -2.04. The zero-order chi connectivity index (χ0) is 17.6. The number of halogens is 1. The van der Waals surface area contributed by atoms with E-state index in [9.17, 15) is 0 Å². The van der Waals surface area contributed by atoms with Gasteiger partial charge in [0.2, 0.25) is 0 Å². The molecule has 0 spiro atoms. The fourth-order valence-corrected chi connectivity index (χ4v) is 3.61. The second kappa shape index (κ2) is 26.7. The SMILES string of the molecule is CCCCCCCCCCCCCCCCCCCCCCC[NH3+].[Br-]. The van der Waals surface area contributed by atoms with E-state index in [4.69, 9.17) is 0 Å². The van der Waals surface area contributed by atoms with Gasteiger partial charge in [-0.1, -0.05) is 129 Å². The molecular formula is C23H50BrN. The fourth-order valence-electron chi connectivity index (χ4n) is 3.61. The van der Waals surface area contributed by atoms with Crippen molar-refractivity contribution >= 4 is 0 Å². The van der Waals surface area contributed by atoms with Gasteiger partial charge < -0.3 is 22.7 Å². The average molecular weight is 421 g/mol. The first-order chi connectivity index (χ1) is 11.9. The Kier molecular flexibility index (Phi) is 29.5. The summed E-state index contributed by atoms with van der Waals surface area (Å²) in [5, 5.41) is 0. The Labute approximate surface area is 171 Å². The molecule has 0 saturated heterocycles. The van der Waals surface area contributed by atoms with E-state index in [2.05, 4.69) is 12.7 Å². The van der Waals surface area contributed by atoms with Crippen LogP contribution in [-0.4, -0.2) is 6.54 Å². The monoisotopic (exact) mass is 419 g/mol. The second-order valence-electron chi connectivity index (χ2n) is 7.92. The van der Waals surface area contributed by atoms with Gasteiger partial charge >= 0.3 is 0 Å². The first-order valence-electron chi connectivity index (χ1n) is 11.7. The van der Waals surface area contributed by atoms with E-state index in [1.165, 1.54) is 135 Å². The van der Waals surface area contributed by atoms with Crippen molar-refractivity contribution in [2.45, 2.75) is 142 Å². The summed E-state index contributed by atoms with van der Waals surface area (Å²) in [6.45, 7) is 3.42. The van der Waals surface area contributed by atoms with Crippen molar-refractivity contribution in [2.75, 3.05) is 6.54 Å². The van der Waals surface area contributed by atoms with Crippen molar-refractivity contribution in [3.05, 3.63) is 0 Å². The molecule has 0 radical (unpaired) electrons. The molecule has 0 aromatic heterocycles. The van der Waals surface area contributed by atoms with Crippen molar-refractivity contribution in [1.82, 2.24) is 0 Å². The summed E-state index contributed by atoms with van der Waals surface area (Å²) >= 11 is 0. The Bertz CT molecular complexity index is 186. The van der Waals surface area contributed by atoms with Crippen LogP contribution in [0.5, 0.6) is 0 Å². The minimum absolute atomic E-state index is 0. The van der Waals surface area contributed by atoms with E-state index in [1.807, 2.05) is 0 Å². The predicted molar refractivity (Wildman–Crippen MR) is 110 cm³/mol. The van der Waals surface area contributed by atoms with Gasteiger partial charge in [0.25, 0.3) is 0 Å². The topological polar surface area (TPSA) is 27.6 Å². The zero-order valence-electron chi connectivity index (χ0n) is 17.6. The quantitative estimate of drug-likeness (QED) is 0.266. The lowest BCUT2D eigenvalue weighted by Crippen LogP contribution is -3.00. The van der Waals surface area contributed by atoms with Crippen LogP contribution >= 0.6 is 0 Å². The van der Waals surface area contributed by atoms with Crippen LogP contribution in [0.25, 0.3) is 0 Å². The van der Waals surface area contributed by atoms with E-state index in [0.29, 0.717) is 0 Å². The Balaban J connectivity index is 0. The van der Waals surface area contributed by atoms with Gasteiger partial charge in [0.15, 0.2) is 0 Å². The molecule has 0 amide bonds. The minimum Gasteiger partial charge on any atom is -1.00 e. The first kappa shape index (κ1) is 27.7. The van der Waals surface area contributed by atoms with Crippen molar-refractivity contribution in [2.24, 2.45) is 0 Å². The maximum absolute atomic E-state index is 3.91. The maximum Gasteiger partial charge on any atom is 0.0739 e. The van der Waals surface area contributed by atoms with E-state index in [-0.39, 0.29) is 17.0 Å². The van der Waals surface area contributed by atoms with Gasteiger partial charge in [-0.25, -0.2) is 0 Å². The second-order valence-corrected chi connectivity index (χ2v) is 7.92. The van der Waals surface area contributed by atoms with Crippen molar-refractivity contribution < 1.29 is 22.7 Å². The average Bonchev–Trinajstić information content (AvgIpc) is 2.60. The summed E-state index contributed by atoms with van der Waals surface area (Å²) in [5.74, 6) is 0. The van der Waals surface area contributed by atoms with Crippen LogP contribution in [0.2, 0.25) is 0 Å². The Morgan fingerprint density at radius 1 is 0.360 bits per heavy atom. The Hall–Kier alpha value is 0.440. The highest BCUT2D eigenvalue weighted by Gasteiger charge is 1.95. The molecule has 0 bridgehead atoms. The molecule has 0 aromatic rings.